The Morgan fingerprint density at radius 2 is 1.85 bits per heavy atom. The molecule has 1 aliphatic carbocycles. The fourth-order valence-electron chi connectivity index (χ4n) is 4.49. The molecule has 34 heavy (non-hydrogen) atoms. The average molecular weight is 484 g/mol. The zero-order valence-corrected chi connectivity index (χ0v) is 20.0. The van der Waals surface area contributed by atoms with Gasteiger partial charge in [0.25, 0.3) is 5.56 Å². The number of carbonyl (C=O) groups excluding carboxylic acids is 1. The number of hydrogen-bond acceptors (Lipinski definition) is 5. The highest BCUT2D eigenvalue weighted by Crippen LogP contribution is 2.26. The maximum Gasteiger partial charge on any atom is 0.262 e. The molecule has 1 saturated carbocycles. The SMILES string of the molecule is O=C(CSc1nc2ccccc2c(=O)n1CCCO)N(Cc1ccc(F)cc1)C1CCCCC1. The topological polar surface area (TPSA) is 75.4 Å². The second kappa shape index (κ2) is 11.6. The average Bonchev–Trinajstić information content (AvgIpc) is 2.87. The van der Waals surface area contributed by atoms with E-state index in [0.29, 0.717) is 35.6 Å². The number of benzene rings is 2. The molecule has 0 atom stereocenters. The molecular weight excluding hydrogens is 453 g/mol. The van der Waals surface area contributed by atoms with Gasteiger partial charge in [-0.1, -0.05) is 55.3 Å². The number of nitrogens with zero attached hydrogens (tertiary/aromatic N) is 3. The summed E-state index contributed by atoms with van der Waals surface area (Å²) in [6.07, 6.45) is 5.73. The van der Waals surface area contributed by atoms with Crippen molar-refractivity contribution in [3.05, 3.63) is 70.3 Å². The lowest BCUT2D eigenvalue weighted by Crippen LogP contribution is -2.42. The summed E-state index contributed by atoms with van der Waals surface area (Å²) in [4.78, 5) is 33.1. The van der Waals surface area contributed by atoms with Crippen LogP contribution in [0.3, 0.4) is 0 Å². The van der Waals surface area contributed by atoms with Crippen molar-refractivity contribution < 1.29 is 14.3 Å². The molecule has 6 nitrogen and oxygen atoms in total. The summed E-state index contributed by atoms with van der Waals surface area (Å²) in [6.45, 7) is 0.744. The second-order valence-corrected chi connectivity index (χ2v) is 9.62. The van der Waals surface area contributed by atoms with E-state index in [1.807, 2.05) is 11.0 Å². The Labute approximate surface area is 202 Å². The smallest absolute Gasteiger partial charge is 0.262 e. The van der Waals surface area contributed by atoms with Crippen molar-refractivity contribution in [1.29, 1.82) is 0 Å². The summed E-state index contributed by atoms with van der Waals surface area (Å²) >= 11 is 1.26. The van der Waals surface area contributed by atoms with Crippen LogP contribution in [0.4, 0.5) is 4.39 Å². The Bertz CT molecular complexity index is 1180. The van der Waals surface area contributed by atoms with Crippen LogP contribution in [0.2, 0.25) is 0 Å². The van der Waals surface area contributed by atoms with Crippen molar-refractivity contribution in [3.63, 3.8) is 0 Å². The van der Waals surface area contributed by atoms with Crippen LogP contribution in [0.15, 0.2) is 58.5 Å². The summed E-state index contributed by atoms with van der Waals surface area (Å²) in [5.41, 5.74) is 1.33. The lowest BCUT2D eigenvalue weighted by Gasteiger charge is -2.34. The number of carbonyl (C=O) groups is 1. The number of rotatable bonds is 9. The number of para-hydroxylation sites is 1. The van der Waals surface area contributed by atoms with E-state index in [1.165, 1.54) is 30.3 Å². The van der Waals surface area contributed by atoms with Crippen molar-refractivity contribution in [1.82, 2.24) is 14.5 Å². The zero-order chi connectivity index (χ0) is 23.9. The minimum atomic E-state index is -0.293. The molecule has 1 N–H and O–H groups in total. The Hall–Kier alpha value is -2.71. The predicted octanol–water partition coefficient (Wildman–Crippen LogP) is 4.37. The molecule has 0 bridgehead atoms. The number of aromatic nitrogens is 2. The largest absolute Gasteiger partial charge is 0.396 e. The van der Waals surface area contributed by atoms with Crippen molar-refractivity contribution in [2.75, 3.05) is 12.4 Å². The van der Waals surface area contributed by atoms with Crippen LogP contribution in [-0.4, -0.2) is 43.9 Å². The number of amides is 1. The van der Waals surface area contributed by atoms with E-state index in [9.17, 15) is 19.1 Å². The first-order valence-corrected chi connectivity index (χ1v) is 12.8. The van der Waals surface area contributed by atoms with Crippen molar-refractivity contribution in [3.8, 4) is 0 Å². The molecule has 0 aliphatic heterocycles. The van der Waals surface area contributed by atoms with Crippen LogP contribution < -0.4 is 5.56 Å². The first-order chi connectivity index (χ1) is 16.6. The molecule has 3 aromatic rings. The molecule has 1 aliphatic rings. The third kappa shape index (κ3) is 5.85. The zero-order valence-electron chi connectivity index (χ0n) is 19.2. The second-order valence-electron chi connectivity index (χ2n) is 8.67. The molecule has 2 aromatic carbocycles. The molecule has 0 saturated heterocycles. The van der Waals surface area contributed by atoms with Crippen LogP contribution in [0.25, 0.3) is 10.9 Å². The normalized spacial score (nSPS) is 14.4. The molecular formula is C26H30FN3O3S. The minimum absolute atomic E-state index is 0.0164. The van der Waals surface area contributed by atoms with E-state index >= 15 is 0 Å². The van der Waals surface area contributed by atoms with Gasteiger partial charge < -0.3 is 10.0 Å². The molecule has 1 amide bonds. The Kier molecular flexibility index (Phi) is 8.34. The van der Waals surface area contributed by atoms with E-state index in [0.717, 1.165) is 31.2 Å². The van der Waals surface area contributed by atoms with Crippen molar-refractivity contribution in [2.45, 2.75) is 62.8 Å². The molecule has 1 fully saturated rings. The van der Waals surface area contributed by atoms with Gasteiger partial charge >= 0.3 is 0 Å². The summed E-state index contributed by atoms with van der Waals surface area (Å²) in [5, 5.41) is 10.3. The van der Waals surface area contributed by atoms with Crippen LogP contribution in [-0.2, 0) is 17.9 Å². The highest BCUT2D eigenvalue weighted by atomic mass is 32.2. The number of hydrogen-bond donors (Lipinski definition) is 1. The number of halogens is 1. The number of aliphatic hydroxyl groups excluding tert-OH is 1. The van der Waals surface area contributed by atoms with E-state index in [4.69, 9.17) is 0 Å². The van der Waals surface area contributed by atoms with Gasteiger partial charge in [0.1, 0.15) is 5.82 Å². The third-order valence-electron chi connectivity index (χ3n) is 6.29. The van der Waals surface area contributed by atoms with E-state index in [1.54, 1.807) is 34.9 Å². The van der Waals surface area contributed by atoms with Crippen LogP contribution in [0, 0.1) is 5.82 Å². The van der Waals surface area contributed by atoms with E-state index in [-0.39, 0.29) is 35.7 Å². The highest BCUT2D eigenvalue weighted by molar-refractivity contribution is 7.99. The van der Waals surface area contributed by atoms with Gasteiger partial charge in [-0.2, -0.15) is 0 Å². The maximum atomic E-state index is 13.4. The summed E-state index contributed by atoms with van der Waals surface area (Å²) < 4.78 is 14.9. The van der Waals surface area contributed by atoms with Gasteiger partial charge in [-0.15, -0.1) is 0 Å². The molecule has 1 heterocycles. The number of thioether (sulfide) groups is 1. The predicted molar refractivity (Wildman–Crippen MR) is 132 cm³/mol. The van der Waals surface area contributed by atoms with Gasteiger partial charge in [-0.3, -0.25) is 14.2 Å². The summed E-state index contributed by atoms with van der Waals surface area (Å²) in [5.74, 6) is -0.155. The first kappa shape index (κ1) is 24.4. The van der Waals surface area contributed by atoms with Gasteiger partial charge in [0.15, 0.2) is 5.16 Å². The van der Waals surface area contributed by atoms with Crippen molar-refractivity contribution >= 4 is 28.6 Å². The molecule has 0 radical (unpaired) electrons. The minimum Gasteiger partial charge on any atom is -0.396 e. The Balaban J connectivity index is 1.56. The van der Waals surface area contributed by atoms with E-state index in [2.05, 4.69) is 4.98 Å². The van der Waals surface area contributed by atoms with E-state index < -0.39 is 0 Å². The van der Waals surface area contributed by atoms with Crippen LogP contribution in [0.1, 0.15) is 44.1 Å². The Morgan fingerprint density at radius 3 is 2.59 bits per heavy atom. The van der Waals surface area contributed by atoms with Crippen molar-refractivity contribution in [2.24, 2.45) is 0 Å². The van der Waals surface area contributed by atoms with Gasteiger partial charge in [-0.25, -0.2) is 9.37 Å². The number of aliphatic hydroxyl groups is 1. The van der Waals surface area contributed by atoms with Gasteiger partial charge in [0, 0.05) is 25.7 Å². The molecule has 1 aromatic heterocycles. The fraction of sp³-hybridized carbons (Fsp3) is 0.423. The fourth-order valence-corrected chi connectivity index (χ4v) is 5.40. The van der Waals surface area contributed by atoms with Gasteiger partial charge in [0.05, 0.1) is 16.7 Å². The number of fused-ring (bicyclic) bond motifs is 1. The molecule has 180 valence electrons. The van der Waals surface area contributed by atoms with Crippen LogP contribution in [0.5, 0.6) is 0 Å². The Morgan fingerprint density at radius 1 is 1.12 bits per heavy atom. The summed E-state index contributed by atoms with van der Waals surface area (Å²) in [7, 11) is 0. The quantitative estimate of drug-likeness (QED) is 0.361. The van der Waals surface area contributed by atoms with Gasteiger partial charge in [-0.05, 0) is 49.1 Å². The highest BCUT2D eigenvalue weighted by Gasteiger charge is 2.26. The standard InChI is InChI=1S/C26H30FN3O3S/c27-20-13-11-19(12-14-20)17-30(21-7-2-1-3-8-21)24(32)18-34-26-28-23-10-5-4-9-22(23)25(33)29(26)15-6-16-31/h4-5,9-14,21,31H,1-3,6-8,15-18H2. The van der Waals surface area contributed by atoms with Crippen LogP contribution >= 0.6 is 11.8 Å². The lowest BCUT2D eigenvalue weighted by atomic mass is 9.94. The third-order valence-corrected chi connectivity index (χ3v) is 7.25. The van der Waals surface area contributed by atoms with Gasteiger partial charge in [0.2, 0.25) is 5.91 Å². The maximum absolute atomic E-state index is 13.4. The summed E-state index contributed by atoms with van der Waals surface area (Å²) in [6, 6.07) is 13.6. The monoisotopic (exact) mass is 483 g/mol. The lowest BCUT2D eigenvalue weighted by molar-refractivity contribution is -0.132. The molecule has 4 rings (SSSR count). The molecule has 8 heteroatoms. The first-order valence-electron chi connectivity index (χ1n) is 11.8. The molecule has 0 spiro atoms. The molecule has 0 unspecified atom stereocenters.